The fourth-order valence-corrected chi connectivity index (χ4v) is 1.26. The first-order valence-corrected chi connectivity index (χ1v) is 4.66. The summed E-state index contributed by atoms with van der Waals surface area (Å²) in [6.07, 6.45) is -2.09. The lowest BCUT2D eigenvalue weighted by Crippen LogP contribution is -2.14. The molecule has 0 radical (unpaired) electrons. The van der Waals surface area contributed by atoms with Crippen molar-refractivity contribution in [3.63, 3.8) is 0 Å². The van der Waals surface area contributed by atoms with E-state index in [1.807, 2.05) is 0 Å². The van der Waals surface area contributed by atoms with E-state index < -0.39 is 12.0 Å². The molecular formula is C8H5ClF3N5. The van der Waals surface area contributed by atoms with E-state index in [1.165, 1.54) is 18.5 Å². The van der Waals surface area contributed by atoms with E-state index in [9.17, 15) is 13.2 Å². The predicted molar refractivity (Wildman–Crippen MR) is 53.6 cm³/mol. The summed E-state index contributed by atoms with van der Waals surface area (Å²) in [5, 5.41) is 4.00. The SMILES string of the molecule is Nc1cc(-n2cc(Cl)cn2)nc(C(F)(F)F)n1. The maximum absolute atomic E-state index is 12.4. The van der Waals surface area contributed by atoms with Crippen molar-refractivity contribution < 1.29 is 13.2 Å². The molecule has 2 heterocycles. The van der Waals surface area contributed by atoms with Crippen LogP contribution in [0.25, 0.3) is 5.82 Å². The van der Waals surface area contributed by atoms with Gasteiger partial charge in [0.05, 0.1) is 17.4 Å². The van der Waals surface area contributed by atoms with Crippen LogP contribution in [0.3, 0.4) is 0 Å². The maximum Gasteiger partial charge on any atom is 0.451 e. The third kappa shape index (κ3) is 2.47. The Kier molecular flexibility index (Phi) is 2.66. The minimum Gasteiger partial charge on any atom is -0.384 e. The van der Waals surface area contributed by atoms with Crippen molar-refractivity contribution in [3.8, 4) is 5.82 Å². The van der Waals surface area contributed by atoms with Gasteiger partial charge >= 0.3 is 6.18 Å². The van der Waals surface area contributed by atoms with E-state index in [2.05, 4.69) is 15.1 Å². The van der Waals surface area contributed by atoms with Crippen LogP contribution < -0.4 is 5.73 Å². The van der Waals surface area contributed by atoms with Crippen molar-refractivity contribution in [1.29, 1.82) is 0 Å². The Morgan fingerprint density at radius 2 is 2.00 bits per heavy atom. The van der Waals surface area contributed by atoms with Crippen LogP contribution in [0, 0.1) is 0 Å². The zero-order valence-electron chi connectivity index (χ0n) is 8.11. The monoisotopic (exact) mass is 263 g/mol. The maximum atomic E-state index is 12.4. The van der Waals surface area contributed by atoms with Crippen molar-refractivity contribution in [1.82, 2.24) is 19.7 Å². The molecule has 0 aliphatic heterocycles. The van der Waals surface area contributed by atoms with Gasteiger partial charge in [0.2, 0.25) is 5.82 Å². The molecule has 9 heteroatoms. The molecule has 0 aliphatic carbocycles. The average Bonchev–Trinajstić information content (AvgIpc) is 2.62. The minimum absolute atomic E-state index is 0.100. The minimum atomic E-state index is -4.67. The number of nitrogen functional groups attached to an aromatic ring is 1. The van der Waals surface area contributed by atoms with Crippen LogP contribution in [0.2, 0.25) is 5.02 Å². The van der Waals surface area contributed by atoms with Gasteiger partial charge in [0.15, 0.2) is 5.82 Å². The van der Waals surface area contributed by atoms with Gasteiger partial charge in [0.1, 0.15) is 5.82 Å². The molecule has 2 rings (SSSR count). The van der Waals surface area contributed by atoms with E-state index in [-0.39, 0.29) is 16.7 Å². The largest absolute Gasteiger partial charge is 0.451 e. The van der Waals surface area contributed by atoms with Gasteiger partial charge < -0.3 is 5.73 Å². The Morgan fingerprint density at radius 3 is 2.53 bits per heavy atom. The molecule has 0 saturated heterocycles. The standard InChI is InChI=1S/C8H5ClF3N5/c9-4-2-14-17(3-4)6-1-5(13)15-7(16-6)8(10,11)12/h1-3H,(H2,13,15,16). The fourth-order valence-electron chi connectivity index (χ4n) is 1.12. The first-order valence-electron chi connectivity index (χ1n) is 4.28. The van der Waals surface area contributed by atoms with Gasteiger partial charge in [-0.3, -0.25) is 0 Å². The van der Waals surface area contributed by atoms with Gasteiger partial charge in [-0.1, -0.05) is 11.6 Å². The van der Waals surface area contributed by atoms with Gasteiger partial charge in [-0.2, -0.15) is 18.3 Å². The van der Waals surface area contributed by atoms with Crippen LogP contribution in [0.5, 0.6) is 0 Å². The first kappa shape index (κ1) is 11.6. The molecule has 0 aliphatic rings. The van der Waals surface area contributed by atoms with E-state index in [1.54, 1.807) is 0 Å². The van der Waals surface area contributed by atoms with E-state index in [0.29, 0.717) is 0 Å². The lowest BCUT2D eigenvalue weighted by atomic mass is 10.5. The third-order valence-corrected chi connectivity index (χ3v) is 1.97. The van der Waals surface area contributed by atoms with E-state index in [0.717, 1.165) is 4.68 Å². The number of anilines is 1. The van der Waals surface area contributed by atoms with Gasteiger partial charge in [-0.05, 0) is 0 Å². The third-order valence-electron chi connectivity index (χ3n) is 1.77. The summed E-state index contributed by atoms with van der Waals surface area (Å²) in [4.78, 5) is 6.42. The molecule has 0 bridgehead atoms. The molecular weight excluding hydrogens is 259 g/mol. The molecule has 0 fully saturated rings. The lowest BCUT2D eigenvalue weighted by molar-refractivity contribution is -0.144. The molecule has 0 amide bonds. The molecule has 5 nitrogen and oxygen atoms in total. The van der Waals surface area contributed by atoms with Crippen LogP contribution in [0.15, 0.2) is 18.5 Å². The van der Waals surface area contributed by atoms with Gasteiger partial charge in [-0.25, -0.2) is 14.6 Å². The summed E-state index contributed by atoms with van der Waals surface area (Å²) >= 11 is 5.60. The van der Waals surface area contributed by atoms with Crippen molar-refractivity contribution in [2.45, 2.75) is 6.18 Å². The number of nitrogens with two attached hydrogens (primary N) is 1. The summed E-state index contributed by atoms with van der Waals surface area (Å²) in [6, 6.07) is 1.17. The quantitative estimate of drug-likeness (QED) is 0.853. The Hall–Kier alpha value is -1.83. The van der Waals surface area contributed by atoms with Gasteiger partial charge in [-0.15, -0.1) is 0 Å². The van der Waals surface area contributed by atoms with Crippen molar-refractivity contribution in [3.05, 3.63) is 29.3 Å². The van der Waals surface area contributed by atoms with Gasteiger partial charge in [0.25, 0.3) is 0 Å². The molecule has 0 unspecified atom stereocenters. The normalized spacial score (nSPS) is 11.8. The summed E-state index contributed by atoms with van der Waals surface area (Å²) in [6.45, 7) is 0. The zero-order chi connectivity index (χ0) is 12.6. The van der Waals surface area contributed by atoms with E-state index in [4.69, 9.17) is 17.3 Å². The molecule has 0 spiro atoms. The van der Waals surface area contributed by atoms with Crippen LogP contribution in [-0.4, -0.2) is 19.7 Å². The topological polar surface area (TPSA) is 69.6 Å². The van der Waals surface area contributed by atoms with Crippen LogP contribution in [0.1, 0.15) is 5.82 Å². The van der Waals surface area contributed by atoms with E-state index >= 15 is 0 Å². The molecule has 0 aromatic carbocycles. The van der Waals surface area contributed by atoms with Crippen LogP contribution >= 0.6 is 11.6 Å². The molecule has 2 N–H and O–H groups in total. The summed E-state index contributed by atoms with van der Waals surface area (Å²) in [7, 11) is 0. The molecule has 0 atom stereocenters. The molecule has 90 valence electrons. The highest BCUT2D eigenvalue weighted by atomic mass is 35.5. The Balaban J connectivity index is 2.52. The van der Waals surface area contributed by atoms with Crippen LogP contribution in [-0.2, 0) is 6.18 Å². The predicted octanol–water partition coefficient (Wildman–Crippen LogP) is 1.92. The van der Waals surface area contributed by atoms with Crippen LogP contribution in [0.4, 0.5) is 19.0 Å². The molecule has 2 aromatic heterocycles. The Morgan fingerprint density at radius 1 is 1.29 bits per heavy atom. The number of aromatic nitrogens is 4. The summed E-state index contributed by atoms with van der Waals surface area (Å²) < 4.78 is 38.4. The van der Waals surface area contributed by atoms with Gasteiger partial charge in [0, 0.05) is 6.07 Å². The highest BCUT2D eigenvalue weighted by molar-refractivity contribution is 6.30. The van der Waals surface area contributed by atoms with Crippen molar-refractivity contribution in [2.75, 3.05) is 5.73 Å². The highest BCUT2D eigenvalue weighted by Gasteiger charge is 2.35. The molecule has 2 aromatic rings. The Labute approximate surface area is 98.0 Å². The second kappa shape index (κ2) is 3.88. The molecule has 0 saturated carbocycles. The number of hydrogen-bond donors (Lipinski definition) is 1. The highest BCUT2D eigenvalue weighted by Crippen LogP contribution is 2.27. The number of rotatable bonds is 1. The number of halogens is 4. The molecule has 17 heavy (non-hydrogen) atoms. The zero-order valence-corrected chi connectivity index (χ0v) is 8.87. The number of alkyl halides is 3. The number of hydrogen-bond acceptors (Lipinski definition) is 4. The van der Waals surface area contributed by atoms with Crippen molar-refractivity contribution >= 4 is 17.4 Å². The second-order valence-corrected chi connectivity index (χ2v) is 3.51. The number of nitrogens with zero attached hydrogens (tertiary/aromatic N) is 4. The second-order valence-electron chi connectivity index (χ2n) is 3.08. The summed E-state index contributed by atoms with van der Waals surface area (Å²) in [5.41, 5.74) is 5.28. The smallest absolute Gasteiger partial charge is 0.384 e. The average molecular weight is 264 g/mol. The summed E-state index contributed by atoms with van der Waals surface area (Å²) in [5.74, 6) is -1.72. The Bertz CT molecular complexity index is 550. The first-order chi connectivity index (χ1) is 7.86. The fraction of sp³-hybridized carbons (Fsp3) is 0.125. The lowest BCUT2D eigenvalue weighted by Gasteiger charge is -2.07. The van der Waals surface area contributed by atoms with Crippen molar-refractivity contribution in [2.24, 2.45) is 0 Å².